The van der Waals surface area contributed by atoms with Crippen molar-refractivity contribution in [3.05, 3.63) is 28.6 Å². The number of likely N-dealkylation sites (N-methyl/N-ethyl adjacent to an activating group) is 1. The van der Waals surface area contributed by atoms with E-state index in [1.165, 1.54) is 17.7 Å². The lowest BCUT2D eigenvalue weighted by Gasteiger charge is -2.30. The number of aromatic hydroxyl groups is 1. The van der Waals surface area contributed by atoms with Gasteiger partial charge in [-0.05, 0) is 38.6 Å². The molecule has 1 aliphatic heterocycles. The van der Waals surface area contributed by atoms with Gasteiger partial charge < -0.3 is 20.1 Å². The van der Waals surface area contributed by atoms with Crippen molar-refractivity contribution >= 4 is 5.82 Å². The minimum atomic E-state index is -4.87. The quantitative estimate of drug-likeness (QED) is 0.812. The van der Waals surface area contributed by atoms with E-state index in [4.69, 9.17) is 0 Å². The SMILES string of the molecule is CN1CCC[C@@H](Nc2nnc(-c3ccc(OC(F)(F)F)cc3O)n(C)c2=O)C1. The molecule has 1 aromatic heterocycles. The highest BCUT2D eigenvalue weighted by molar-refractivity contribution is 5.65. The highest BCUT2D eigenvalue weighted by Crippen LogP contribution is 2.33. The molecule has 0 radical (unpaired) electrons. The molecule has 11 heteroatoms. The summed E-state index contributed by atoms with van der Waals surface area (Å²) in [5.41, 5.74) is -0.390. The molecule has 0 bridgehead atoms. The molecule has 0 aliphatic carbocycles. The van der Waals surface area contributed by atoms with Gasteiger partial charge >= 0.3 is 6.36 Å². The van der Waals surface area contributed by atoms with Crippen molar-refractivity contribution in [3.8, 4) is 22.9 Å². The van der Waals surface area contributed by atoms with E-state index in [0.717, 1.165) is 38.1 Å². The van der Waals surface area contributed by atoms with Gasteiger partial charge in [-0.3, -0.25) is 9.36 Å². The molecule has 8 nitrogen and oxygen atoms in total. The first-order valence-corrected chi connectivity index (χ1v) is 8.62. The minimum absolute atomic E-state index is 0.0207. The summed E-state index contributed by atoms with van der Waals surface area (Å²) >= 11 is 0. The van der Waals surface area contributed by atoms with E-state index in [1.54, 1.807) is 0 Å². The molecular formula is C17H20F3N5O3. The molecule has 0 unspecified atom stereocenters. The minimum Gasteiger partial charge on any atom is -0.507 e. The van der Waals surface area contributed by atoms with Crippen LogP contribution in [0.1, 0.15) is 12.8 Å². The Morgan fingerprint density at radius 3 is 2.68 bits per heavy atom. The standard InChI is InChI=1S/C17H20F3N5O3/c1-24-7-3-4-10(9-24)21-14-16(27)25(2)15(23-22-14)12-6-5-11(8-13(12)26)28-17(18,19)20/h5-6,8,10,26H,3-4,7,9H2,1-2H3,(H,21,22)/t10-/m1/s1. The fourth-order valence-electron chi connectivity index (χ4n) is 3.16. The number of aromatic nitrogens is 3. The van der Waals surface area contributed by atoms with Gasteiger partial charge in [-0.15, -0.1) is 23.4 Å². The lowest BCUT2D eigenvalue weighted by Crippen LogP contribution is -2.41. The first-order chi connectivity index (χ1) is 13.1. The Kier molecular flexibility index (Phi) is 5.45. The second kappa shape index (κ2) is 7.66. The third-order valence-electron chi connectivity index (χ3n) is 4.48. The zero-order chi connectivity index (χ0) is 20.5. The lowest BCUT2D eigenvalue weighted by molar-refractivity contribution is -0.274. The van der Waals surface area contributed by atoms with Gasteiger partial charge in [0.05, 0.1) is 5.56 Å². The molecule has 1 aliphatic rings. The zero-order valence-electron chi connectivity index (χ0n) is 15.3. The number of likely N-dealkylation sites (tertiary alicyclic amines) is 1. The van der Waals surface area contributed by atoms with Gasteiger partial charge in [0.15, 0.2) is 5.82 Å². The fourth-order valence-corrected chi connectivity index (χ4v) is 3.16. The molecule has 1 fully saturated rings. The van der Waals surface area contributed by atoms with Crippen molar-refractivity contribution in [3.63, 3.8) is 0 Å². The summed E-state index contributed by atoms with van der Waals surface area (Å²) in [7, 11) is 3.44. The molecule has 0 amide bonds. The Labute approximate surface area is 158 Å². The maximum atomic E-state index is 12.6. The third kappa shape index (κ3) is 4.53. The number of hydrogen-bond donors (Lipinski definition) is 2. The molecule has 2 aromatic rings. The predicted molar refractivity (Wildman–Crippen MR) is 95.2 cm³/mol. The van der Waals surface area contributed by atoms with Gasteiger partial charge in [-0.25, -0.2) is 0 Å². The Balaban J connectivity index is 1.85. The second-order valence-corrected chi connectivity index (χ2v) is 6.71. The Morgan fingerprint density at radius 1 is 1.29 bits per heavy atom. The molecule has 3 rings (SSSR count). The molecule has 28 heavy (non-hydrogen) atoms. The third-order valence-corrected chi connectivity index (χ3v) is 4.48. The molecule has 2 heterocycles. The average molecular weight is 399 g/mol. The van der Waals surface area contributed by atoms with Crippen molar-refractivity contribution in [2.75, 3.05) is 25.5 Å². The van der Waals surface area contributed by atoms with Gasteiger partial charge in [-0.1, -0.05) is 0 Å². The molecule has 1 saturated heterocycles. The van der Waals surface area contributed by atoms with Crippen molar-refractivity contribution < 1.29 is 23.0 Å². The summed E-state index contributed by atoms with van der Waals surface area (Å²) in [6.07, 6.45) is -2.97. The van der Waals surface area contributed by atoms with E-state index in [0.29, 0.717) is 0 Å². The number of hydrogen-bond acceptors (Lipinski definition) is 7. The van der Waals surface area contributed by atoms with Crippen LogP contribution in [0.25, 0.3) is 11.4 Å². The normalized spacial score (nSPS) is 18.1. The Morgan fingerprint density at radius 2 is 2.04 bits per heavy atom. The number of rotatable bonds is 4. The summed E-state index contributed by atoms with van der Waals surface area (Å²) in [4.78, 5) is 14.8. The van der Waals surface area contributed by atoms with Crippen LogP contribution in [0.2, 0.25) is 0 Å². The summed E-state index contributed by atoms with van der Waals surface area (Å²) < 4.78 is 41.8. The van der Waals surface area contributed by atoms with Crippen LogP contribution in [0.3, 0.4) is 0 Å². The summed E-state index contributed by atoms with van der Waals surface area (Å²) in [6.45, 7) is 1.77. The number of ether oxygens (including phenoxy) is 1. The van der Waals surface area contributed by atoms with Crippen molar-refractivity contribution in [1.82, 2.24) is 19.7 Å². The van der Waals surface area contributed by atoms with Crippen molar-refractivity contribution in [2.24, 2.45) is 7.05 Å². The molecular weight excluding hydrogens is 379 g/mol. The smallest absolute Gasteiger partial charge is 0.507 e. The van der Waals surface area contributed by atoms with Crippen molar-refractivity contribution in [2.45, 2.75) is 25.2 Å². The largest absolute Gasteiger partial charge is 0.573 e. The molecule has 1 atom stereocenters. The second-order valence-electron chi connectivity index (χ2n) is 6.71. The van der Waals surface area contributed by atoms with Crippen LogP contribution in [0.15, 0.2) is 23.0 Å². The van der Waals surface area contributed by atoms with Crippen LogP contribution in [-0.2, 0) is 7.05 Å². The van der Waals surface area contributed by atoms with Crippen LogP contribution in [0.4, 0.5) is 19.0 Å². The van der Waals surface area contributed by atoms with E-state index in [9.17, 15) is 23.1 Å². The van der Waals surface area contributed by atoms with Crippen LogP contribution in [0.5, 0.6) is 11.5 Å². The number of benzene rings is 1. The molecule has 152 valence electrons. The van der Waals surface area contributed by atoms with Crippen LogP contribution >= 0.6 is 0 Å². The average Bonchev–Trinajstić information content (AvgIpc) is 2.59. The Bertz CT molecular complexity index is 916. The number of phenols is 1. The van der Waals surface area contributed by atoms with E-state index < -0.39 is 23.4 Å². The highest BCUT2D eigenvalue weighted by Gasteiger charge is 2.31. The lowest BCUT2D eigenvalue weighted by atomic mass is 10.1. The molecule has 0 spiro atoms. The first-order valence-electron chi connectivity index (χ1n) is 8.62. The van der Waals surface area contributed by atoms with Crippen LogP contribution in [-0.4, -0.2) is 57.3 Å². The number of alkyl halides is 3. The maximum Gasteiger partial charge on any atom is 0.573 e. The van der Waals surface area contributed by atoms with Gasteiger partial charge in [0.1, 0.15) is 11.5 Å². The number of piperidine rings is 1. The van der Waals surface area contributed by atoms with Gasteiger partial charge in [0.2, 0.25) is 5.82 Å². The number of halogens is 3. The van der Waals surface area contributed by atoms with Crippen LogP contribution in [0, 0.1) is 0 Å². The van der Waals surface area contributed by atoms with Gasteiger partial charge in [-0.2, -0.15) is 0 Å². The van der Waals surface area contributed by atoms with Crippen LogP contribution < -0.4 is 15.6 Å². The first kappa shape index (κ1) is 19.9. The zero-order valence-corrected chi connectivity index (χ0v) is 15.3. The molecule has 0 saturated carbocycles. The summed E-state index contributed by atoms with van der Waals surface area (Å²) in [6, 6.07) is 3.08. The van der Waals surface area contributed by atoms with E-state index >= 15 is 0 Å². The topological polar surface area (TPSA) is 92.5 Å². The van der Waals surface area contributed by atoms with Gasteiger partial charge in [0, 0.05) is 25.7 Å². The predicted octanol–water partition coefficient (Wildman–Crippen LogP) is 1.95. The highest BCUT2D eigenvalue weighted by atomic mass is 19.4. The molecule has 1 aromatic carbocycles. The summed E-state index contributed by atoms with van der Waals surface area (Å²) in [5, 5.41) is 21.1. The number of anilines is 1. The monoisotopic (exact) mass is 399 g/mol. The van der Waals surface area contributed by atoms with Crippen molar-refractivity contribution in [1.29, 1.82) is 0 Å². The van der Waals surface area contributed by atoms with E-state index in [2.05, 4.69) is 25.2 Å². The van der Waals surface area contributed by atoms with E-state index in [1.807, 2.05) is 7.05 Å². The number of nitrogens with zero attached hydrogens (tertiary/aromatic N) is 4. The van der Waals surface area contributed by atoms with Gasteiger partial charge in [0.25, 0.3) is 5.56 Å². The summed E-state index contributed by atoms with van der Waals surface area (Å²) in [5.74, 6) is -0.984. The molecule has 2 N–H and O–H groups in total. The number of phenolic OH excluding ortho intramolecular Hbond substituents is 1. The van der Waals surface area contributed by atoms with E-state index in [-0.39, 0.29) is 23.2 Å². The maximum absolute atomic E-state index is 12.6. The number of nitrogens with one attached hydrogen (secondary N) is 1. The fraction of sp³-hybridized carbons (Fsp3) is 0.471. The Hall–Kier alpha value is -2.82.